The van der Waals surface area contributed by atoms with Crippen LogP contribution in [0.25, 0.3) is 0 Å². The second-order valence-electron chi connectivity index (χ2n) is 4.83. The van der Waals surface area contributed by atoms with Gasteiger partial charge in [0, 0.05) is 18.1 Å². The minimum Gasteiger partial charge on any atom is -0.347 e. The number of thiazole rings is 1. The number of nitrogens with one attached hydrogen (secondary N) is 1. The molecule has 0 bridgehead atoms. The summed E-state index contributed by atoms with van der Waals surface area (Å²) in [5.41, 5.74) is 7.75. The van der Waals surface area contributed by atoms with Gasteiger partial charge in [0.25, 0.3) is 0 Å². The van der Waals surface area contributed by atoms with E-state index in [2.05, 4.69) is 39.1 Å². The van der Waals surface area contributed by atoms with Crippen molar-refractivity contribution in [3.05, 3.63) is 34.3 Å². The van der Waals surface area contributed by atoms with E-state index >= 15 is 0 Å². The van der Waals surface area contributed by atoms with Crippen LogP contribution in [-0.4, -0.2) is 32.9 Å². The van der Waals surface area contributed by atoms with Crippen LogP contribution in [0.2, 0.25) is 0 Å². The number of hydrogen-bond donors (Lipinski definition) is 2. The molecule has 0 spiro atoms. The van der Waals surface area contributed by atoms with Gasteiger partial charge in [-0.1, -0.05) is 13.8 Å². The van der Waals surface area contributed by atoms with Crippen LogP contribution in [0.4, 0.5) is 0 Å². The average molecular weight is 293 g/mol. The van der Waals surface area contributed by atoms with Gasteiger partial charge in [-0.3, -0.25) is 4.90 Å². The summed E-state index contributed by atoms with van der Waals surface area (Å²) in [4.78, 5) is 14.6. The molecular weight excluding hydrogens is 270 g/mol. The van der Waals surface area contributed by atoms with Gasteiger partial charge in [0.1, 0.15) is 11.0 Å². The second kappa shape index (κ2) is 7.52. The molecule has 0 aliphatic heterocycles. The van der Waals surface area contributed by atoms with Gasteiger partial charge in [-0.05, 0) is 25.9 Å². The van der Waals surface area contributed by atoms with Gasteiger partial charge in [0.15, 0.2) is 0 Å². The maximum Gasteiger partial charge on any atom is 0.116 e. The number of imidazole rings is 1. The zero-order valence-corrected chi connectivity index (χ0v) is 13.0. The lowest BCUT2D eigenvalue weighted by Gasteiger charge is -2.29. The summed E-state index contributed by atoms with van der Waals surface area (Å²) in [6, 6.07) is 0.155. The summed E-state index contributed by atoms with van der Waals surface area (Å²) in [5, 5.41) is 3.14. The van der Waals surface area contributed by atoms with Crippen LogP contribution >= 0.6 is 11.3 Å². The first-order valence-electron chi connectivity index (χ1n) is 7.16. The highest BCUT2D eigenvalue weighted by atomic mass is 32.1. The summed E-state index contributed by atoms with van der Waals surface area (Å²) < 4.78 is 0. The maximum atomic E-state index is 5.69. The first kappa shape index (κ1) is 15.2. The maximum absolute atomic E-state index is 5.69. The standard InChI is InChI=1S/C14H23N5S/c1-3-5-19(6-4-2)13(12-8-16-10-17-12)14-18-11(7-15)9-20-14/h8-10,13H,3-7,15H2,1-2H3,(H,16,17). The van der Waals surface area contributed by atoms with Crippen LogP contribution in [0.1, 0.15) is 49.1 Å². The van der Waals surface area contributed by atoms with Crippen molar-refractivity contribution in [1.29, 1.82) is 0 Å². The fourth-order valence-corrected chi connectivity index (χ4v) is 3.37. The third-order valence-electron chi connectivity index (χ3n) is 3.21. The summed E-state index contributed by atoms with van der Waals surface area (Å²) in [7, 11) is 0. The Morgan fingerprint density at radius 2 is 2.10 bits per heavy atom. The number of nitrogens with zero attached hydrogens (tertiary/aromatic N) is 3. The van der Waals surface area contributed by atoms with E-state index in [-0.39, 0.29) is 6.04 Å². The number of aromatic nitrogens is 3. The Bertz CT molecular complexity index is 487. The van der Waals surface area contributed by atoms with E-state index in [1.807, 2.05) is 6.20 Å². The molecule has 2 rings (SSSR count). The quantitative estimate of drug-likeness (QED) is 0.784. The Kier molecular flexibility index (Phi) is 5.70. The number of rotatable bonds is 8. The fraction of sp³-hybridized carbons (Fsp3) is 0.571. The predicted octanol–water partition coefficient (Wildman–Crippen LogP) is 2.54. The van der Waals surface area contributed by atoms with Crippen molar-refractivity contribution in [2.45, 2.75) is 39.3 Å². The molecule has 1 unspecified atom stereocenters. The van der Waals surface area contributed by atoms with Gasteiger partial charge >= 0.3 is 0 Å². The number of nitrogens with two attached hydrogens (primary N) is 1. The molecule has 0 amide bonds. The molecule has 1 atom stereocenters. The van der Waals surface area contributed by atoms with Gasteiger partial charge in [-0.2, -0.15) is 0 Å². The summed E-state index contributed by atoms with van der Waals surface area (Å²) >= 11 is 1.68. The molecule has 110 valence electrons. The third-order valence-corrected chi connectivity index (χ3v) is 4.16. The van der Waals surface area contributed by atoms with E-state index in [4.69, 9.17) is 5.73 Å². The molecule has 0 aliphatic carbocycles. The van der Waals surface area contributed by atoms with E-state index in [0.717, 1.165) is 42.3 Å². The van der Waals surface area contributed by atoms with Gasteiger partial charge in [-0.25, -0.2) is 9.97 Å². The van der Waals surface area contributed by atoms with Crippen molar-refractivity contribution in [1.82, 2.24) is 19.9 Å². The van der Waals surface area contributed by atoms with Gasteiger partial charge < -0.3 is 10.7 Å². The van der Waals surface area contributed by atoms with Crippen molar-refractivity contribution in [2.75, 3.05) is 13.1 Å². The van der Waals surface area contributed by atoms with Gasteiger partial charge in [-0.15, -0.1) is 11.3 Å². The zero-order chi connectivity index (χ0) is 14.4. The molecule has 2 aromatic heterocycles. The smallest absolute Gasteiger partial charge is 0.116 e. The van der Waals surface area contributed by atoms with E-state index in [1.165, 1.54) is 0 Å². The van der Waals surface area contributed by atoms with Crippen LogP contribution in [-0.2, 0) is 6.54 Å². The topological polar surface area (TPSA) is 70.8 Å². The molecule has 3 N–H and O–H groups in total. The SMILES string of the molecule is CCCN(CCC)C(c1cnc[nH]1)c1nc(CN)cs1. The summed E-state index contributed by atoms with van der Waals surface area (Å²) in [5.74, 6) is 0. The monoisotopic (exact) mass is 293 g/mol. The molecule has 0 aliphatic rings. The first-order valence-corrected chi connectivity index (χ1v) is 8.04. The zero-order valence-electron chi connectivity index (χ0n) is 12.2. The number of hydrogen-bond acceptors (Lipinski definition) is 5. The summed E-state index contributed by atoms with van der Waals surface area (Å²) in [6.45, 7) is 7.01. The predicted molar refractivity (Wildman–Crippen MR) is 82.6 cm³/mol. The lowest BCUT2D eigenvalue weighted by molar-refractivity contribution is 0.222. The summed E-state index contributed by atoms with van der Waals surface area (Å²) in [6.07, 6.45) is 5.88. The van der Waals surface area contributed by atoms with Crippen molar-refractivity contribution < 1.29 is 0 Å². The Hall–Kier alpha value is -1.24. The molecule has 5 nitrogen and oxygen atoms in total. The lowest BCUT2D eigenvalue weighted by atomic mass is 10.1. The highest BCUT2D eigenvalue weighted by Gasteiger charge is 2.25. The number of H-pyrrole nitrogens is 1. The first-order chi connectivity index (χ1) is 9.80. The lowest BCUT2D eigenvalue weighted by Crippen LogP contribution is -2.31. The molecule has 0 fully saturated rings. The average Bonchev–Trinajstić information content (AvgIpc) is 3.11. The molecular formula is C14H23N5S. The molecule has 0 saturated carbocycles. The van der Waals surface area contributed by atoms with E-state index in [9.17, 15) is 0 Å². The van der Waals surface area contributed by atoms with E-state index in [0.29, 0.717) is 6.54 Å². The van der Waals surface area contributed by atoms with Gasteiger partial charge in [0.05, 0.1) is 17.7 Å². The largest absolute Gasteiger partial charge is 0.347 e. The highest BCUT2D eigenvalue weighted by Crippen LogP contribution is 2.30. The Labute approximate surface area is 124 Å². The molecule has 20 heavy (non-hydrogen) atoms. The van der Waals surface area contributed by atoms with Gasteiger partial charge in [0.2, 0.25) is 0 Å². The Morgan fingerprint density at radius 3 is 2.60 bits per heavy atom. The Balaban J connectivity index is 2.32. The highest BCUT2D eigenvalue weighted by molar-refractivity contribution is 7.09. The molecule has 0 saturated heterocycles. The van der Waals surface area contributed by atoms with Crippen molar-refractivity contribution in [3.8, 4) is 0 Å². The molecule has 2 heterocycles. The van der Waals surface area contributed by atoms with Crippen LogP contribution in [0, 0.1) is 0 Å². The normalized spacial score (nSPS) is 13.0. The van der Waals surface area contributed by atoms with E-state index in [1.54, 1.807) is 17.7 Å². The van der Waals surface area contributed by atoms with Crippen molar-refractivity contribution >= 4 is 11.3 Å². The van der Waals surface area contributed by atoms with Crippen LogP contribution in [0.15, 0.2) is 17.9 Å². The van der Waals surface area contributed by atoms with Crippen molar-refractivity contribution in [3.63, 3.8) is 0 Å². The Morgan fingerprint density at radius 1 is 1.35 bits per heavy atom. The minimum absolute atomic E-state index is 0.155. The molecule has 2 aromatic rings. The second-order valence-corrected chi connectivity index (χ2v) is 5.72. The third kappa shape index (κ3) is 3.45. The van der Waals surface area contributed by atoms with Crippen LogP contribution in [0.5, 0.6) is 0 Å². The molecule has 0 aromatic carbocycles. The van der Waals surface area contributed by atoms with Crippen molar-refractivity contribution in [2.24, 2.45) is 5.73 Å². The van der Waals surface area contributed by atoms with Crippen LogP contribution in [0.3, 0.4) is 0 Å². The van der Waals surface area contributed by atoms with Crippen LogP contribution < -0.4 is 5.73 Å². The van der Waals surface area contributed by atoms with E-state index < -0.39 is 0 Å². The molecule has 6 heteroatoms. The molecule has 0 radical (unpaired) electrons. The fourth-order valence-electron chi connectivity index (χ4n) is 2.39. The minimum atomic E-state index is 0.155. The number of aromatic amines is 1.